The van der Waals surface area contributed by atoms with Crippen LogP contribution < -0.4 is 9.46 Å². The van der Waals surface area contributed by atoms with Crippen LogP contribution in [0.5, 0.6) is 5.75 Å². The van der Waals surface area contributed by atoms with Crippen LogP contribution in [-0.4, -0.2) is 31.6 Å². The minimum atomic E-state index is -3.77. The van der Waals surface area contributed by atoms with Crippen LogP contribution in [-0.2, 0) is 23.0 Å². The van der Waals surface area contributed by atoms with E-state index in [0.29, 0.717) is 6.54 Å². The first-order valence-electron chi connectivity index (χ1n) is 7.75. The summed E-state index contributed by atoms with van der Waals surface area (Å²) in [6, 6.07) is 2.70. The monoisotopic (exact) mass is 353 g/mol. The molecule has 0 fully saturated rings. The molecule has 1 atom stereocenters. The first-order chi connectivity index (χ1) is 11.4. The summed E-state index contributed by atoms with van der Waals surface area (Å²) < 4.78 is 48.7. The van der Waals surface area contributed by atoms with E-state index < -0.39 is 15.8 Å². The first kappa shape index (κ1) is 16.9. The number of halogens is 1. The van der Waals surface area contributed by atoms with Gasteiger partial charge in [-0.3, -0.25) is 0 Å². The van der Waals surface area contributed by atoms with Gasteiger partial charge >= 0.3 is 0 Å². The number of aryl methyl sites for hydroxylation is 1. The van der Waals surface area contributed by atoms with Crippen molar-refractivity contribution in [2.24, 2.45) is 5.92 Å². The second-order valence-corrected chi connectivity index (χ2v) is 7.69. The zero-order valence-corrected chi connectivity index (χ0v) is 14.4. The summed E-state index contributed by atoms with van der Waals surface area (Å²) in [5.74, 6) is 0.529. The largest absolute Gasteiger partial charge is 0.494 e. The van der Waals surface area contributed by atoms with Gasteiger partial charge in [-0.2, -0.15) is 0 Å². The van der Waals surface area contributed by atoms with Crippen LogP contribution in [0.25, 0.3) is 0 Å². The quantitative estimate of drug-likeness (QED) is 0.891. The molecule has 2 aromatic rings. The SMILES string of the molecule is COc1ccc(S(=O)(=O)NCC2CCn3ccnc3C2)c(C)c1F. The highest BCUT2D eigenvalue weighted by molar-refractivity contribution is 7.89. The molecule has 0 bridgehead atoms. The van der Waals surface area contributed by atoms with Gasteiger partial charge in [0.15, 0.2) is 11.6 Å². The Balaban J connectivity index is 1.72. The van der Waals surface area contributed by atoms with E-state index in [1.165, 1.54) is 26.2 Å². The second kappa shape index (κ2) is 6.52. The standard InChI is InChI=1S/C16H20FN3O3S/c1-11-14(4-3-13(23-2)16(11)17)24(21,22)19-10-12-5-7-20-8-6-18-15(20)9-12/h3-4,6,8,12,19H,5,7,9-10H2,1-2H3. The Hall–Kier alpha value is -1.93. The predicted octanol–water partition coefficient (Wildman–Crippen LogP) is 1.88. The van der Waals surface area contributed by atoms with Crippen molar-refractivity contribution in [3.8, 4) is 5.75 Å². The average molecular weight is 353 g/mol. The van der Waals surface area contributed by atoms with Crippen molar-refractivity contribution in [1.82, 2.24) is 14.3 Å². The highest BCUT2D eigenvalue weighted by atomic mass is 32.2. The molecule has 0 amide bonds. The second-order valence-electron chi connectivity index (χ2n) is 5.95. The van der Waals surface area contributed by atoms with Crippen molar-refractivity contribution < 1.29 is 17.5 Å². The molecular formula is C16H20FN3O3S. The lowest BCUT2D eigenvalue weighted by atomic mass is 9.98. The molecule has 130 valence electrons. The van der Waals surface area contributed by atoms with Crippen molar-refractivity contribution in [3.63, 3.8) is 0 Å². The van der Waals surface area contributed by atoms with Gasteiger partial charge in [0.05, 0.1) is 12.0 Å². The lowest BCUT2D eigenvalue weighted by Gasteiger charge is -2.23. The summed E-state index contributed by atoms with van der Waals surface area (Å²) >= 11 is 0. The Morgan fingerprint density at radius 1 is 1.46 bits per heavy atom. The molecule has 0 saturated heterocycles. The molecular weight excluding hydrogens is 333 g/mol. The molecule has 8 heteroatoms. The zero-order chi connectivity index (χ0) is 17.3. The van der Waals surface area contributed by atoms with Gasteiger partial charge in [-0.15, -0.1) is 0 Å². The van der Waals surface area contributed by atoms with E-state index in [2.05, 4.69) is 14.3 Å². The number of sulfonamides is 1. The maximum atomic E-state index is 14.1. The van der Waals surface area contributed by atoms with E-state index in [1.807, 2.05) is 6.20 Å². The van der Waals surface area contributed by atoms with E-state index in [-0.39, 0.29) is 22.1 Å². The van der Waals surface area contributed by atoms with Gasteiger partial charge in [-0.05, 0) is 31.4 Å². The number of rotatable bonds is 5. The molecule has 1 aliphatic rings. The molecule has 1 aliphatic heterocycles. The number of hydrogen-bond donors (Lipinski definition) is 1. The summed E-state index contributed by atoms with van der Waals surface area (Å²) in [5, 5.41) is 0. The predicted molar refractivity (Wildman–Crippen MR) is 86.9 cm³/mol. The third-order valence-electron chi connectivity index (χ3n) is 4.42. The van der Waals surface area contributed by atoms with Crippen molar-refractivity contribution >= 4 is 10.0 Å². The normalized spacial score (nSPS) is 17.5. The number of nitrogens with one attached hydrogen (secondary N) is 1. The average Bonchev–Trinajstić information content (AvgIpc) is 3.03. The van der Waals surface area contributed by atoms with E-state index >= 15 is 0 Å². The molecule has 0 aliphatic carbocycles. The van der Waals surface area contributed by atoms with Gasteiger partial charge in [-0.1, -0.05) is 0 Å². The Morgan fingerprint density at radius 3 is 3.00 bits per heavy atom. The fourth-order valence-electron chi connectivity index (χ4n) is 2.99. The number of imidazole rings is 1. The molecule has 1 aromatic heterocycles. The van der Waals surface area contributed by atoms with Gasteiger partial charge in [0.25, 0.3) is 0 Å². The fourth-order valence-corrected chi connectivity index (χ4v) is 4.34. The minimum absolute atomic E-state index is 0.0329. The Morgan fingerprint density at radius 2 is 2.25 bits per heavy atom. The van der Waals surface area contributed by atoms with Crippen molar-refractivity contribution in [3.05, 3.63) is 41.7 Å². The van der Waals surface area contributed by atoms with Gasteiger partial charge in [0.1, 0.15) is 5.82 Å². The third-order valence-corrected chi connectivity index (χ3v) is 5.99. The van der Waals surface area contributed by atoms with E-state index in [1.54, 1.807) is 6.20 Å². The van der Waals surface area contributed by atoms with E-state index in [9.17, 15) is 12.8 Å². The van der Waals surface area contributed by atoms with Gasteiger partial charge < -0.3 is 9.30 Å². The van der Waals surface area contributed by atoms with E-state index in [0.717, 1.165) is 25.2 Å². The Labute approximate surface area is 140 Å². The molecule has 1 N–H and O–H groups in total. The summed E-state index contributed by atoms with van der Waals surface area (Å²) in [5.41, 5.74) is 0.0565. The molecule has 6 nitrogen and oxygen atoms in total. The van der Waals surface area contributed by atoms with Crippen LogP contribution in [0.15, 0.2) is 29.4 Å². The molecule has 2 heterocycles. The van der Waals surface area contributed by atoms with Gasteiger partial charge in [0, 0.05) is 37.5 Å². The van der Waals surface area contributed by atoms with Crippen LogP contribution in [0.2, 0.25) is 0 Å². The Bertz CT molecular complexity index is 848. The van der Waals surface area contributed by atoms with Gasteiger partial charge in [0.2, 0.25) is 10.0 Å². The molecule has 1 unspecified atom stereocenters. The summed E-state index contributed by atoms with van der Waals surface area (Å²) in [7, 11) is -2.43. The topological polar surface area (TPSA) is 73.2 Å². The lowest BCUT2D eigenvalue weighted by molar-refractivity contribution is 0.378. The maximum absolute atomic E-state index is 14.1. The smallest absolute Gasteiger partial charge is 0.240 e. The summed E-state index contributed by atoms with van der Waals surface area (Å²) in [6.45, 7) is 2.57. The highest BCUT2D eigenvalue weighted by Crippen LogP contribution is 2.26. The van der Waals surface area contributed by atoms with Crippen LogP contribution >= 0.6 is 0 Å². The molecule has 0 saturated carbocycles. The molecule has 0 spiro atoms. The van der Waals surface area contributed by atoms with Crippen LogP contribution in [0.3, 0.4) is 0 Å². The van der Waals surface area contributed by atoms with E-state index in [4.69, 9.17) is 4.74 Å². The molecule has 0 radical (unpaired) electrons. The Kier molecular flexibility index (Phi) is 4.60. The van der Waals surface area contributed by atoms with Crippen molar-refractivity contribution in [1.29, 1.82) is 0 Å². The van der Waals surface area contributed by atoms with Gasteiger partial charge in [-0.25, -0.2) is 22.5 Å². The maximum Gasteiger partial charge on any atom is 0.240 e. The van der Waals surface area contributed by atoms with Crippen LogP contribution in [0.4, 0.5) is 4.39 Å². The minimum Gasteiger partial charge on any atom is -0.494 e. The van der Waals surface area contributed by atoms with Crippen molar-refractivity contribution in [2.45, 2.75) is 31.2 Å². The number of nitrogens with zero attached hydrogens (tertiary/aromatic N) is 2. The fraction of sp³-hybridized carbons (Fsp3) is 0.438. The number of ether oxygens (including phenoxy) is 1. The molecule has 3 rings (SSSR count). The third kappa shape index (κ3) is 3.16. The summed E-state index contributed by atoms with van der Waals surface area (Å²) in [4.78, 5) is 4.22. The van der Waals surface area contributed by atoms with Crippen molar-refractivity contribution in [2.75, 3.05) is 13.7 Å². The molecule has 24 heavy (non-hydrogen) atoms. The first-order valence-corrected chi connectivity index (χ1v) is 9.23. The number of methoxy groups -OCH3 is 1. The number of aromatic nitrogens is 2. The lowest BCUT2D eigenvalue weighted by Crippen LogP contribution is -2.33. The summed E-state index contributed by atoms with van der Waals surface area (Å²) in [6.07, 6.45) is 5.29. The number of fused-ring (bicyclic) bond motifs is 1. The van der Waals surface area contributed by atoms with Crippen LogP contribution in [0.1, 0.15) is 17.8 Å². The number of benzene rings is 1. The zero-order valence-electron chi connectivity index (χ0n) is 13.6. The molecule has 1 aromatic carbocycles. The number of hydrogen-bond acceptors (Lipinski definition) is 4. The highest BCUT2D eigenvalue weighted by Gasteiger charge is 2.24. The van der Waals surface area contributed by atoms with Crippen LogP contribution in [0, 0.1) is 18.7 Å².